The van der Waals surface area contributed by atoms with Crippen molar-refractivity contribution in [2.45, 2.75) is 69.5 Å². The van der Waals surface area contributed by atoms with Crippen LogP contribution < -0.4 is 4.74 Å². The summed E-state index contributed by atoms with van der Waals surface area (Å²) in [5.41, 5.74) is 0.995. The zero-order chi connectivity index (χ0) is 18.4. The van der Waals surface area contributed by atoms with Crippen LogP contribution in [0.5, 0.6) is 5.75 Å². The Kier molecular flexibility index (Phi) is 4.58. The first kappa shape index (κ1) is 18.0. The van der Waals surface area contributed by atoms with E-state index in [1.165, 1.54) is 5.57 Å². The molecule has 1 saturated carbocycles. The predicted octanol–water partition coefficient (Wildman–Crippen LogP) is 3.54. The van der Waals surface area contributed by atoms with Gasteiger partial charge in [0.15, 0.2) is 0 Å². The molecule has 6 atom stereocenters. The van der Waals surface area contributed by atoms with E-state index in [-0.39, 0.29) is 35.4 Å². The Morgan fingerprint density at radius 2 is 2.23 bits per heavy atom. The Morgan fingerprint density at radius 1 is 1.42 bits per heavy atom. The van der Waals surface area contributed by atoms with Crippen molar-refractivity contribution in [1.82, 2.24) is 4.98 Å². The second-order valence-electron chi connectivity index (χ2n) is 8.22. The van der Waals surface area contributed by atoms with Gasteiger partial charge in [0, 0.05) is 13.3 Å². The first-order chi connectivity index (χ1) is 12.5. The number of rotatable bonds is 6. The molecule has 2 saturated heterocycles. The zero-order valence-electron chi connectivity index (χ0n) is 16.1. The van der Waals surface area contributed by atoms with Gasteiger partial charge in [-0.25, -0.2) is 0 Å². The fourth-order valence-electron chi connectivity index (χ4n) is 4.66. The lowest BCUT2D eigenvalue weighted by Crippen LogP contribution is -2.56. The van der Waals surface area contributed by atoms with Gasteiger partial charge in [-0.05, 0) is 52.2 Å². The van der Waals surface area contributed by atoms with Crippen LogP contribution in [0.3, 0.4) is 0 Å². The molecule has 5 heteroatoms. The minimum atomic E-state index is -0.222. The lowest BCUT2D eigenvalue weighted by Gasteiger charge is -2.43. The Bertz CT molecular complexity index is 668. The van der Waals surface area contributed by atoms with Gasteiger partial charge in [0.1, 0.15) is 29.2 Å². The molecule has 5 nitrogen and oxygen atoms in total. The molecule has 26 heavy (non-hydrogen) atoms. The maximum Gasteiger partial charge on any atom is 0.138 e. The van der Waals surface area contributed by atoms with Crippen LogP contribution in [0, 0.1) is 5.92 Å². The quantitative estimate of drug-likeness (QED) is 0.574. The molecule has 0 radical (unpaired) electrons. The van der Waals surface area contributed by atoms with Crippen molar-refractivity contribution in [1.29, 1.82) is 0 Å². The molecule has 3 fully saturated rings. The summed E-state index contributed by atoms with van der Waals surface area (Å²) in [6.45, 7) is 7.26. The summed E-state index contributed by atoms with van der Waals surface area (Å²) >= 11 is 0. The topological polar surface area (TPSA) is 56.4 Å². The van der Waals surface area contributed by atoms with Crippen molar-refractivity contribution in [2.75, 3.05) is 13.7 Å². The Hall–Kier alpha value is -1.43. The smallest absolute Gasteiger partial charge is 0.138 e. The van der Waals surface area contributed by atoms with Crippen LogP contribution in [-0.4, -0.2) is 48.2 Å². The van der Waals surface area contributed by atoms with E-state index >= 15 is 0 Å². The fourth-order valence-corrected chi connectivity index (χ4v) is 4.66. The number of epoxide rings is 2. The SMILES string of the molecule is COC1C(Oc2cccnc2)CCC2(CO2)C1C1(C)OC1CC=C(C)C. The summed E-state index contributed by atoms with van der Waals surface area (Å²) in [7, 11) is 1.77. The summed E-state index contributed by atoms with van der Waals surface area (Å²) in [5, 5.41) is 0. The van der Waals surface area contributed by atoms with Gasteiger partial charge in [0.25, 0.3) is 0 Å². The number of ether oxygens (including phenoxy) is 4. The molecule has 3 heterocycles. The highest BCUT2D eigenvalue weighted by molar-refractivity contribution is 5.22. The van der Waals surface area contributed by atoms with E-state index in [0.29, 0.717) is 0 Å². The molecule has 3 aliphatic rings. The maximum absolute atomic E-state index is 6.26. The summed E-state index contributed by atoms with van der Waals surface area (Å²) in [6.07, 6.45) is 8.74. The van der Waals surface area contributed by atoms with E-state index in [0.717, 1.165) is 31.6 Å². The van der Waals surface area contributed by atoms with Gasteiger partial charge < -0.3 is 18.9 Å². The first-order valence-electron chi connectivity index (χ1n) is 9.53. The van der Waals surface area contributed by atoms with Gasteiger partial charge in [-0.15, -0.1) is 0 Å². The number of nitrogens with zero attached hydrogens (tertiary/aromatic N) is 1. The second kappa shape index (κ2) is 6.63. The molecule has 0 N–H and O–H groups in total. The maximum atomic E-state index is 6.26. The van der Waals surface area contributed by atoms with Crippen LogP contribution in [0.15, 0.2) is 36.2 Å². The Morgan fingerprint density at radius 3 is 2.85 bits per heavy atom. The molecule has 0 amide bonds. The molecule has 1 spiro atoms. The predicted molar refractivity (Wildman–Crippen MR) is 98.2 cm³/mol. The standard InChI is InChI=1S/C21H29NO4/c1-14(2)7-8-17-20(3,26-17)19-18(23-4)16(9-10-21(19)13-24-21)25-15-6-5-11-22-12-15/h5-7,11-12,16-19H,8-10,13H2,1-4H3. The number of hydrogen-bond acceptors (Lipinski definition) is 5. The third-order valence-corrected chi connectivity index (χ3v) is 6.16. The summed E-state index contributed by atoms with van der Waals surface area (Å²) in [6, 6.07) is 3.84. The minimum Gasteiger partial charge on any atom is -0.486 e. The molecule has 1 aliphatic carbocycles. The molecule has 1 aromatic heterocycles. The Labute approximate surface area is 155 Å². The lowest BCUT2D eigenvalue weighted by molar-refractivity contribution is -0.107. The molecule has 0 bridgehead atoms. The highest BCUT2D eigenvalue weighted by atomic mass is 16.6. The number of allylic oxidation sites excluding steroid dienone is 1. The molecular formula is C21H29NO4. The van der Waals surface area contributed by atoms with E-state index in [9.17, 15) is 0 Å². The van der Waals surface area contributed by atoms with Crippen molar-refractivity contribution in [2.24, 2.45) is 5.92 Å². The molecule has 142 valence electrons. The average Bonchev–Trinajstić information content (AvgIpc) is 3.53. The van der Waals surface area contributed by atoms with E-state index in [4.69, 9.17) is 18.9 Å². The van der Waals surface area contributed by atoms with Crippen molar-refractivity contribution < 1.29 is 18.9 Å². The first-order valence-corrected chi connectivity index (χ1v) is 9.53. The van der Waals surface area contributed by atoms with Crippen molar-refractivity contribution in [3.05, 3.63) is 36.2 Å². The molecular weight excluding hydrogens is 330 g/mol. The molecule has 2 aliphatic heterocycles. The molecule has 0 aromatic carbocycles. The van der Waals surface area contributed by atoms with Crippen molar-refractivity contribution in [3.8, 4) is 5.75 Å². The van der Waals surface area contributed by atoms with Gasteiger partial charge in [0.2, 0.25) is 0 Å². The number of hydrogen-bond donors (Lipinski definition) is 0. The zero-order valence-corrected chi connectivity index (χ0v) is 16.1. The molecule has 1 aromatic rings. The van der Waals surface area contributed by atoms with Gasteiger partial charge in [0.05, 0.1) is 24.8 Å². The lowest BCUT2D eigenvalue weighted by atomic mass is 9.68. The third kappa shape index (κ3) is 3.17. The summed E-state index contributed by atoms with van der Waals surface area (Å²) < 4.78 is 24.4. The van der Waals surface area contributed by atoms with Crippen LogP contribution in [0.4, 0.5) is 0 Å². The van der Waals surface area contributed by atoms with Gasteiger partial charge in [-0.2, -0.15) is 0 Å². The largest absolute Gasteiger partial charge is 0.486 e. The van der Waals surface area contributed by atoms with E-state index in [2.05, 4.69) is 31.8 Å². The van der Waals surface area contributed by atoms with E-state index in [1.807, 2.05) is 12.1 Å². The minimum absolute atomic E-state index is 0.0193. The average molecular weight is 359 g/mol. The Balaban J connectivity index is 1.54. The molecule has 4 rings (SSSR count). The van der Waals surface area contributed by atoms with Gasteiger partial charge >= 0.3 is 0 Å². The van der Waals surface area contributed by atoms with Crippen molar-refractivity contribution in [3.63, 3.8) is 0 Å². The highest BCUT2D eigenvalue weighted by Crippen LogP contribution is 2.59. The van der Waals surface area contributed by atoms with Crippen LogP contribution in [-0.2, 0) is 14.2 Å². The normalized spacial score (nSPS) is 40.9. The van der Waals surface area contributed by atoms with E-state index < -0.39 is 0 Å². The van der Waals surface area contributed by atoms with Crippen LogP contribution in [0.2, 0.25) is 0 Å². The highest BCUT2D eigenvalue weighted by Gasteiger charge is 2.72. The fraction of sp³-hybridized carbons (Fsp3) is 0.667. The number of aromatic nitrogens is 1. The van der Waals surface area contributed by atoms with Crippen LogP contribution >= 0.6 is 0 Å². The van der Waals surface area contributed by atoms with Crippen molar-refractivity contribution >= 4 is 0 Å². The van der Waals surface area contributed by atoms with Crippen LogP contribution in [0.1, 0.15) is 40.0 Å². The summed E-state index contributed by atoms with van der Waals surface area (Å²) in [5.74, 6) is 0.958. The van der Waals surface area contributed by atoms with Crippen LogP contribution in [0.25, 0.3) is 0 Å². The second-order valence-corrected chi connectivity index (χ2v) is 8.22. The number of methoxy groups -OCH3 is 1. The summed E-state index contributed by atoms with van der Waals surface area (Å²) in [4.78, 5) is 4.15. The van der Waals surface area contributed by atoms with Gasteiger partial charge in [-0.3, -0.25) is 4.98 Å². The number of pyridine rings is 1. The third-order valence-electron chi connectivity index (χ3n) is 6.16. The monoisotopic (exact) mass is 359 g/mol. The van der Waals surface area contributed by atoms with Gasteiger partial charge in [-0.1, -0.05) is 11.6 Å². The van der Waals surface area contributed by atoms with E-state index in [1.54, 1.807) is 19.5 Å². The molecule has 6 unspecified atom stereocenters.